The molecule has 3 heterocycles. The van der Waals surface area contributed by atoms with Crippen molar-refractivity contribution in [3.63, 3.8) is 0 Å². The summed E-state index contributed by atoms with van der Waals surface area (Å²) >= 11 is 0. The van der Waals surface area contributed by atoms with Gasteiger partial charge in [-0.15, -0.1) is 0 Å². The molecule has 0 aromatic carbocycles. The van der Waals surface area contributed by atoms with Crippen molar-refractivity contribution in [3.05, 3.63) is 18.3 Å². The number of aliphatic hydroxyl groups excluding tert-OH is 1. The van der Waals surface area contributed by atoms with E-state index in [1.54, 1.807) is 6.20 Å². The maximum absolute atomic E-state index is 12.4. The predicted octanol–water partition coefficient (Wildman–Crippen LogP) is 2.25. The summed E-state index contributed by atoms with van der Waals surface area (Å²) in [4.78, 5) is 21.4. The standard InChI is InChI=1S/C19H30N4O2/c24-13-9-17-6-2-5-12-23(17)15-19(25)21-16-7-8-18(20-14-16)22-10-3-1-4-11-22/h7-8,14,17,24H,1-6,9-13,15H2,(H,21,25). The Hall–Kier alpha value is -1.66. The summed E-state index contributed by atoms with van der Waals surface area (Å²) in [5, 5.41) is 12.2. The maximum Gasteiger partial charge on any atom is 0.238 e. The number of hydrogen-bond acceptors (Lipinski definition) is 5. The number of piperidine rings is 2. The smallest absolute Gasteiger partial charge is 0.238 e. The van der Waals surface area contributed by atoms with E-state index in [4.69, 9.17) is 0 Å². The lowest BCUT2D eigenvalue weighted by Gasteiger charge is -2.34. The van der Waals surface area contributed by atoms with Crippen molar-refractivity contribution in [2.24, 2.45) is 0 Å². The lowest BCUT2D eigenvalue weighted by Crippen LogP contribution is -2.44. The average Bonchev–Trinajstić information content (AvgIpc) is 2.65. The van der Waals surface area contributed by atoms with Crippen LogP contribution in [0.2, 0.25) is 0 Å². The van der Waals surface area contributed by atoms with Crippen molar-refractivity contribution in [2.75, 3.05) is 43.0 Å². The summed E-state index contributed by atoms with van der Waals surface area (Å²) in [5.74, 6) is 0.995. The molecule has 2 aliphatic rings. The number of likely N-dealkylation sites (tertiary alicyclic amines) is 1. The van der Waals surface area contributed by atoms with Gasteiger partial charge in [-0.2, -0.15) is 0 Å². The molecular weight excluding hydrogens is 316 g/mol. The van der Waals surface area contributed by atoms with Crippen LogP contribution in [0.3, 0.4) is 0 Å². The highest BCUT2D eigenvalue weighted by Crippen LogP contribution is 2.21. The molecule has 1 amide bonds. The molecule has 0 saturated carbocycles. The number of hydrogen-bond donors (Lipinski definition) is 2. The fourth-order valence-corrected chi connectivity index (χ4v) is 3.90. The van der Waals surface area contributed by atoms with Crippen molar-refractivity contribution >= 4 is 17.4 Å². The van der Waals surface area contributed by atoms with Gasteiger partial charge in [-0.3, -0.25) is 9.69 Å². The Labute approximate surface area is 150 Å². The highest BCUT2D eigenvalue weighted by molar-refractivity contribution is 5.92. The largest absolute Gasteiger partial charge is 0.396 e. The maximum atomic E-state index is 12.4. The minimum absolute atomic E-state index is 0.00244. The molecule has 2 saturated heterocycles. The molecular formula is C19H30N4O2. The van der Waals surface area contributed by atoms with Gasteiger partial charge in [0.25, 0.3) is 0 Å². The Balaban J connectivity index is 1.51. The van der Waals surface area contributed by atoms with Gasteiger partial charge in [0.1, 0.15) is 5.82 Å². The minimum Gasteiger partial charge on any atom is -0.396 e. The van der Waals surface area contributed by atoms with Gasteiger partial charge in [-0.1, -0.05) is 6.42 Å². The van der Waals surface area contributed by atoms with E-state index < -0.39 is 0 Å². The van der Waals surface area contributed by atoms with Gasteiger partial charge in [-0.05, 0) is 57.2 Å². The van der Waals surface area contributed by atoms with Gasteiger partial charge in [0.15, 0.2) is 0 Å². The summed E-state index contributed by atoms with van der Waals surface area (Å²) in [6.07, 6.45) is 9.64. The number of amides is 1. The fraction of sp³-hybridized carbons (Fsp3) is 0.684. The minimum atomic E-state index is -0.00244. The molecule has 1 aromatic rings. The molecule has 0 bridgehead atoms. The summed E-state index contributed by atoms with van der Waals surface area (Å²) in [7, 11) is 0. The molecule has 0 spiro atoms. The third-order valence-corrected chi connectivity index (χ3v) is 5.27. The molecule has 2 aliphatic heterocycles. The molecule has 1 unspecified atom stereocenters. The third kappa shape index (κ3) is 5.16. The first-order valence-corrected chi connectivity index (χ1v) is 9.62. The van der Waals surface area contributed by atoms with Crippen LogP contribution in [-0.2, 0) is 4.79 Å². The van der Waals surface area contributed by atoms with Crippen molar-refractivity contribution in [1.82, 2.24) is 9.88 Å². The molecule has 2 fully saturated rings. The molecule has 6 heteroatoms. The van der Waals surface area contributed by atoms with Gasteiger partial charge >= 0.3 is 0 Å². The van der Waals surface area contributed by atoms with Crippen LogP contribution < -0.4 is 10.2 Å². The van der Waals surface area contributed by atoms with Gasteiger partial charge < -0.3 is 15.3 Å². The zero-order chi connectivity index (χ0) is 17.5. The number of carbonyl (C=O) groups is 1. The number of nitrogens with zero attached hydrogens (tertiary/aromatic N) is 3. The number of rotatable bonds is 6. The Morgan fingerprint density at radius 2 is 1.96 bits per heavy atom. The molecule has 1 atom stereocenters. The first kappa shape index (κ1) is 18.1. The Bertz CT molecular complexity index is 541. The zero-order valence-corrected chi connectivity index (χ0v) is 15.0. The summed E-state index contributed by atoms with van der Waals surface area (Å²) < 4.78 is 0. The number of aliphatic hydroxyl groups is 1. The number of pyridine rings is 1. The quantitative estimate of drug-likeness (QED) is 0.827. The van der Waals surface area contributed by atoms with Crippen LogP contribution >= 0.6 is 0 Å². The second kappa shape index (κ2) is 9.15. The molecule has 6 nitrogen and oxygen atoms in total. The fourth-order valence-electron chi connectivity index (χ4n) is 3.90. The molecule has 138 valence electrons. The lowest BCUT2D eigenvalue weighted by atomic mass is 10.00. The van der Waals surface area contributed by atoms with E-state index in [1.807, 2.05) is 12.1 Å². The number of anilines is 2. The first-order chi connectivity index (χ1) is 12.3. The monoisotopic (exact) mass is 346 g/mol. The van der Waals surface area contributed by atoms with E-state index in [9.17, 15) is 9.90 Å². The van der Waals surface area contributed by atoms with Crippen LogP contribution in [0.4, 0.5) is 11.5 Å². The number of carbonyl (C=O) groups excluding carboxylic acids is 1. The SMILES string of the molecule is O=C(CN1CCCCC1CCO)Nc1ccc(N2CCCCC2)nc1. The first-order valence-electron chi connectivity index (χ1n) is 9.62. The van der Waals surface area contributed by atoms with Crippen LogP contribution in [0.1, 0.15) is 44.9 Å². The number of aromatic nitrogens is 1. The third-order valence-electron chi connectivity index (χ3n) is 5.27. The highest BCUT2D eigenvalue weighted by atomic mass is 16.3. The predicted molar refractivity (Wildman–Crippen MR) is 99.8 cm³/mol. The van der Waals surface area contributed by atoms with Crippen molar-refractivity contribution in [2.45, 2.75) is 51.0 Å². The molecule has 1 aromatic heterocycles. The Morgan fingerprint density at radius 3 is 2.68 bits per heavy atom. The van der Waals surface area contributed by atoms with Crippen LogP contribution in [0.25, 0.3) is 0 Å². The van der Waals surface area contributed by atoms with Crippen molar-refractivity contribution in [3.8, 4) is 0 Å². The van der Waals surface area contributed by atoms with Crippen molar-refractivity contribution < 1.29 is 9.90 Å². The van der Waals surface area contributed by atoms with E-state index in [1.165, 1.54) is 25.7 Å². The molecule has 25 heavy (non-hydrogen) atoms. The molecule has 3 rings (SSSR count). The van der Waals surface area contributed by atoms with E-state index in [-0.39, 0.29) is 12.5 Å². The van der Waals surface area contributed by atoms with Crippen LogP contribution in [0.15, 0.2) is 18.3 Å². The summed E-state index contributed by atoms with van der Waals surface area (Å²) in [6.45, 7) is 3.65. The van der Waals surface area contributed by atoms with E-state index in [0.29, 0.717) is 12.6 Å². The van der Waals surface area contributed by atoms with Gasteiger partial charge in [0, 0.05) is 25.7 Å². The van der Waals surface area contributed by atoms with E-state index in [2.05, 4.69) is 20.1 Å². The average molecular weight is 346 g/mol. The Morgan fingerprint density at radius 1 is 1.16 bits per heavy atom. The van der Waals surface area contributed by atoms with Gasteiger partial charge in [-0.25, -0.2) is 4.98 Å². The lowest BCUT2D eigenvalue weighted by molar-refractivity contribution is -0.118. The highest BCUT2D eigenvalue weighted by Gasteiger charge is 2.23. The molecule has 0 radical (unpaired) electrons. The second-order valence-corrected chi connectivity index (χ2v) is 7.13. The second-order valence-electron chi connectivity index (χ2n) is 7.13. The normalized spacial score (nSPS) is 22.0. The van der Waals surface area contributed by atoms with Crippen LogP contribution in [0.5, 0.6) is 0 Å². The van der Waals surface area contributed by atoms with Gasteiger partial charge in [0.05, 0.1) is 18.4 Å². The van der Waals surface area contributed by atoms with E-state index in [0.717, 1.165) is 50.4 Å². The van der Waals surface area contributed by atoms with Crippen LogP contribution in [-0.4, -0.2) is 59.7 Å². The van der Waals surface area contributed by atoms with Crippen LogP contribution in [0, 0.1) is 0 Å². The van der Waals surface area contributed by atoms with Gasteiger partial charge in [0.2, 0.25) is 5.91 Å². The number of nitrogens with one attached hydrogen (secondary N) is 1. The summed E-state index contributed by atoms with van der Waals surface area (Å²) in [6, 6.07) is 4.26. The Kier molecular flexibility index (Phi) is 6.64. The molecule has 0 aliphatic carbocycles. The summed E-state index contributed by atoms with van der Waals surface area (Å²) in [5.41, 5.74) is 0.751. The van der Waals surface area contributed by atoms with Crippen molar-refractivity contribution in [1.29, 1.82) is 0 Å². The topological polar surface area (TPSA) is 68.7 Å². The molecule has 2 N–H and O–H groups in total. The zero-order valence-electron chi connectivity index (χ0n) is 15.0. The van der Waals surface area contributed by atoms with E-state index >= 15 is 0 Å².